The van der Waals surface area contributed by atoms with Gasteiger partial charge in [0.2, 0.25) is 0 Å². The number of nitrogens with one attached hydrogen (secondary N) is 1. The van der Waals surface area contributed by atoms with Gasteiger partial charge >= 0.3 is 29.6 Å². The summed E-state index contributed by atoms with van der Waals surface area (Å²) in [6.45, 7) is 3.79. The molecular weight excluding hydrogens is 605 g/mol. The molecule has 3 aromatic carbocycles. The number of ether oxygens (including phenoxy) is 1. The van der Waals surface area contributed by atoms with Gasteiger partial charge < -0.3 is 34.7 Å². The minimum atomic E-state index is -1.44. The summed E-state index contributed by atoms with van der Waals surface area (Å²) in [5.74, 6) is -2.81. The molecule has 0 aliphatic heterocycles. The molecule has 0 unspecified atom stereocenters. The Morgan fingerprint density at radius 3 is 2.22 bits per heavy atom. The van der Waals surface area contributed by atoms with Crippen molar-refractivity contribution in [3.05, 3.63) is 107 Å². The molecule has 3 N–H and O–H groups in total. The smallest absolute Gasteiger partial charge is 0.550 e. The van der Waals surface area contributed by atoms with E-state index in [9.17, 15) is 33.7 Å². The van der Waals surface area contributed by atoms with Crippen LogP contribution in [0.4, 0.5) is 8.78 Å². The molecule has 0 fully saturated rings. The average Bonchev–Trinajstić information content (AvgIpc) is 3.35. The minimum Gasteiger partial charge on any atom is -0.550 e. The maximum absolute atomic E-state index is 14.4. The number of carbonyl (C=O) groups excluding carboxylic acids is 2. The van der Waals surface area contributed by atoms with Gasteiger partial charge in [-0.15, -0.1) is 0 Å². The summed E-state index contributed by atoms with van der Waals surface area (Å²) in [5.41, 5.74) is 3.78. The number of carboxylic acid groups (broad SMARTS) is 1. The molecule has 0 aliphatic rings. The molecule has 46 heavy (non-hydrogen) atoms. The van der Waals surface area contributed by atoms with Crippen LogP contribution < -0.4 is 44.7 Å². The second kappa shape index (κ2) is 16.7. The number of aliphatic hydroxyl groups is 2. The molecule has 0 radical (unpaired) electrons. The zero-order valence-corrected chi connectivity index (χ0v) is 28.2. The van der Waals surface area contributed by atoms with Crippen LogP contribution in [0.1, 0.15) is 54.5 Å². The molecule has 0 saturated heterocycles. The number of nitrogens with zero attached hydrogens (tertiary/aromatic N) is 1. The van der Waals surface area contributed by atoms with Crippen LogP contribution in [0.2, 0.25) is 0 Å². The van der Waals surface area contributed by atoms with E-state index >= 15 is 0 Å². The van der Waals surface area contributed by atoms with Crippen LogP contribution in [0.25, 0.3) is 28.3 Å². The van der Waals surface area contributed by atoms with Gasteiger partial charge in [0.1, 0.15) is 11.5 Å². The Kier molecular flexibility index (Phi) is 13.3. The number of hydrogen-bond donors (Lipinski definition) is 3. The molecule has 0 aliphatic carbocycles. The van der Waals surface area contributed by atoms with Crippen molar-refractivity contribution in [2.45, 2.75) is 51.5 Å². The normalized spacial score (nSPS) is 12.5. The number of carboxylic acids is 1. The molecule has 0 spiro atoms. The Bertz CT molecular complexity index is 1670. The zero-order valence-electron chi connectivity index (χ0n) is 26.2. The van der Waals surface area contributed by atoms with Gasteiger partial charge in [-0.25, -0.2) is 8.78 Å². The SMILES string of the molecule is COc1ccc(CNC(=O)c2c(-c3ccccc3)c(-c3ccc(F)cc3)c(/C=C/[C@@H](O)C[C@@H](O)CC(=O)[O-])n2C(C)C)cc1F.[Na+]. The van der Waals surface area contributed by atoms with Crippen molar-refractivity contribution in [3.8, 4) is 28.0 Å². The number of hydrogen-bond acceptors (Lipinski definition) is 6. The van der Waals surface area contributed by atoms with E-state index < -0.39 is 42.1 Å². The Labute approximate surface area is 288 Å². The van der Waals surface area contributed by atoms with Crippen LogP contribution in [0, 0.1) is 11.6 Å². The first-order chi connectivity index (χ1) is 21.5. The third-order valence-corrected chi connectivity index (χ3v) is 7.23. The first-order valence-corrected chi connectivity index (χ1v) is 14.4. The number of amides is 1. The molecule has 2 atom stereocenters. The third kappa shape index (κ3) is 8.92. The number of rotatable bonds is 13. The molecule has 236 valence electrons. The van der Waals surface area contributed by atoms with E-state index in [1.54, 1.807) is 28.8 Å². The second-order valence-corrected chi connectivity index (χ2v) is 10.9. The molecule has 4 aromatic rings. The van der Waals surface area contributed by atoms with Crippen molar-refractivity contribution in [3.63, 3.8) is 0 Å². The second-order valence-electron chi connectivity index (χ2n) is 10.9. The summed E-state index contributed by atoms with van der Waals surface area (Å²) in [7, 11) is 1.37. The first-order valence-electron chi connectivity index (χ1n) is 14.4. The molecule has 0 bridgehead atoms. The van der Waals surface area contributed by atoms with E-state index in [0.717, 1.165) is 0 Å². The van der Waals surface area contributed by atoms with Gasteiger partial charge in [0, 0.05) is 48.2 Å². The van der Waals surface area contributed by atoms with Crippen LogP contribution in [0.5, 0.6) is 5.75 Å². The summed E-state index contributed by atoms with van der Waals surface area (Å²) < 4.78 is 35.2. The third-order valence-electron chi connectivity index (χ3n) is 7.23. The number of benzene rings is 3. The number of carbonyl (C=O) groups is 2. The van der Waals surface area contributed by atoms with Crippen molar-refractivity contribution in [1.29, 1.82) is 0 Å². The van der Waals surface area contributed by atoms with E-state index in [1.165, 1.54) is 37.5 Å². The van der Waals surface area contributed by atoms with E-state index in [4.69, 9.17) is 4.74 Å². The predicted molar refractivity (Wildman–Crippen MR) is 165 cm³/mol. The summed E-state index contributed by atoms with van der Waals surface area (Å²) in [5, 5.41) is 34.5. The van der Waals surface area contributed by atoms with Crippen molar-refractivity contribution in [2.24, 2.45) is 0 Å². The largest absolute Gasteiger partial charge is 1.00 e. The number of halogens is 2. The molecule has 4 rings (SSSR count). The topological polar surface area (TPSA) is 124 Å². The Morgan fingerprint density at radius 2 is 1.63 bits per heavy atom. The van der Waals surface area contributed by atoms with Gasteiger partial charge in [0.15, 0.2) is 11.6 Å². The monoisotopic (exact) mass is 640 g/mol. The van der Waals surface area contributed by atoms with Crippen LogP contribution >= 0.6 is 0 Å². The van der Waals surface area contributed by atoms with Crippen LogP contribution in [-0.2, 0) is 11.3 Å². The minimum absolute atomic E-state index is 0. The summed E-state index contributed by atoms with van der Waals surface area (Å²) >= 11 is 0. The average molecular weight is 641 g/mol. The maximum Gasteiger partial charge on any atom is 1.00 e. The van der Waals surface area contributed by atoms with Gasteiger partial charge in [-0.05, 0) is 60.9 Å². The Hall–Kier alpha value is -3.80. The molecule has 1 heterocycles. The summed E-state index contributed by atoms with van der Waals surface area (Å²) in [6.07, 6.45) is -0.413. The predicted octanol–water partition coefficient (Wildman–Crippen LogP) is 1.89. The standard InChI is InChI=1S/C35H36F2N2O6.Na/c1-21(2)39-29(15-14-26(40)18-27(41)19-31(42)43)32(24-10-12-25(36)13-11-24)33(23-7-5-4-6-8-23)34(39)35(44)38-20-22-9-16-30(45-3)28(37)17-22;/h4-17,21,26-27,40-41H,18-20H2,1-3H3,(H,38,44)(H,42,43);/q;+1/p-1/b15-14+;/t26-,27-;/m1./s1. The van der Waals surface area contributed by atoms with Crippen molar-refractivity contribution in [2.75, 3.05) is 7.11 Å². The molecule has 8 nitrogen and oxygen atoms in total. The van der Waals surface area contributed by atoms with Crippen LogP contribution in [0.3, 0.4) is 0 Å². The molecule has 0 saturated carbocycles. The Balaban J connectivity index is 0.00000576. The Morgan fingerprint density at radius 1 is 0.978 bits per heavy atom. The van der Waals surface area contributed by atoms with E-state index in [1.807, 2.05) is 44.2 Å². The van der Waals surface area contributed by atoms with E-state index in [2.05, 4.69) is 5.32 Å². The fourth-order valence-corrected chi connectivity index (χ4v) is 5.25. The number of aromatic nitrogens is 1. The van der Waals surface area contributed by atoms with Crippen molar-refractivity contribution >= 4 is 18.0 Å². The van der Waals surface area contributed by atoms with Crippen LogP contribution in [-0.4, -0.2) is 46.0 Å². The van der Waals surface area contributed by atoms with Gasteiger partial charge in [0.25, 0.3) is 5.91 Å². The number of methoxy groups -OCH3 is 1. The first kappa shape index (κ1) is 36.7. The molecular formula is C35H35F2N2NaO6. The van der Waals surface area contributed by atoms with Gasteiger partial charge in [0.05, 0.1) is 19.3 Å². The summed E-state index contributed by atoms with van der Waals surface area (Å²) in [4.78, 5) is 25.0. The van der Waals surface area contributed by atoms with E-state index in [-0.39, 0.29) is 60.0 Å². The van der Waals surface area contributed by atoms with Gasteiger partial charge in [-0.3, -0.25) is 4.79 Å². The number of aliphatic carboxylic acids is 1. The molecule has 1 amide bonds. The molecule has 1 aromatic heterocycles. The molecule has 11 heteroatoms. The zero-order chi connectivity index (χ0) is 32.7. The number of aliphatic hydroxyl groups excluding tert-OH is 2. The van der Waals surface area contributed by atoms with Crippen molar-refractivity contribution in [1.82, 2.24) is 9.88 Å². The fraction of sp³-hybridized carbons (Fsp3) is 0.257. The van der Waals surface area contributed by atoms with Crippen molar-refractivity contribution < 1.29 is 68.0 Å². The quantitative estimate of drug-likeness (QED) is 0.192. The summed E-state index contributed by atoms with van der Waals surface area (Å²) in [6, 6.07) is 19.1. The van der Waals surface area contributed by atoms with Gasteiger partial charge in [-0.1, -0.05) is 54.6 Å². The fourth-order valence-electron chi connectivity index (χ4n) is 5.25. The van der Waals surface area contributed by atoms with Crippen LogP contribution in [0.15, 0.2) is 78.9 Å². The maximum atomic E-state index is 14.4. The van der Waals surface area contributed by atoms with Gasteiger partial charge in [-0.2, -0.15) is 0 Å². The van der Waals surface area contributed by atoms with E-state index in [0.29, 0.717) is 33.5 Å².